The smallest absolute Gasteiger partial charge is 0.269 e. The van der Waals surface area contributed by atoms with Crippen LogP contribution in [-0.4, -0.2) is 64.8 Å². The molecule has 2 aliphatic rings. The monoisotopic (exact) mass is 489 g/mol. The highest BCUT2D eigenvalue weighted by Crippen LogP contribution is 2.35. The fraction of sp³-hybridized carbons (Fsp3) is 0.308. The first kappa shape index (κ1) is 22.2. The van der Waals surface area contributed by atoms with E-state index in [-0.39, 0.29) is 4.90 Å². The van der Waals surface area contributed by atoms with E-state index >= 15 is 0 Å². The van der Waals surface area contributed by atoms with Gasteiger partial charge < -0.3 is 4.74 Å². The Morgan fingerprint density at radius 2 is 1.89 bits per heavy atom. The fourth-order valence-electron chi connectivity index (χ4n) is 5.13. The molecule has 1 aliphatic carbocycles. The van der Waals surface area contributed by atoms with Gasteiger partial charge in [0.05, 0.1) is 24.3 Å². The van der Waals surface area contributed by atoms with E-state index in [4.69, 9.17) is 4.74 Å². The van der Waals surface area contributed by atoms with Crippen LogP contribution in [0.1, 0.15) is 24.8 Å². The number of benzene rings is 1. The van der Waals surface area contributed by atoms with E-state index in [9.17, 15) is 8.42 Å². The van der Waals surface area contributed by atoms with Crippen molar-refractivity contribution in [3.8, 4) is 11.1 Å². The predicted molar refractivity (Wildman–Crippen MR) is 134 cm³/mol. The van der Waals surface area contributed by atoms with Crippen molar-refractivity contribution in [2.24, 2.45) is 0 Å². The Morgan fingerprint density at radius 3 is 2.60 bits per heavy atom. The largest absolute Gasteiger partial charge is 0.379 e. The maximum absolute atomic E-state index is 13.5. The maximum Gasteiger partial charge on any atom is 0.269 e. The van der Waals surface area contributed by atoms with Crippen molar-refractivity contribution < 1.29 is 13.2 Å². The van der Waals surface area contributed by atoms with Gasteiger partial charge in [0.15, 0.2) is 5.65 Å². The summed E-state index contributed by atoms with van der Waals surface area (Å²) in [5.41, 5.74) is 4.32. The molecule has 3 aromatic heterocycles. The first-order chi connectivity index (χ1) is 17.1. The zero-order valence-electron chi connectivity index (χ0n) is 19.3. The van der Waals surface area contributed by atoms with Gasteiger partial charge in [-0.25, -0.2) is 17.4 Å². The summed E-state index contributed by atoms with van der Waals surface area (Å²) in [6.45, 7) is 3.62. The average molecular weight is 490 g/mol. The highest BCUT2D eigenvalue weighted by atomic mass is 32.2. The van der Waals surface area contributed by atoms with Gasteiger partial charge in [0.25, 0.3) is 10.0 Å². The van der Waals surface area contributed by atoms with E-state index in [1.54, 1.807) is 55.1 Å². The Balaban J connectivity index is 1.40. The lowest BCUT2D eigenvalue weighted by Gasteiger charge is -2.36. The van der Waals surface area contributed by atoms with E-state index in [0.717, 1.165) is 67.6 Å². The molecule has 35 heavy (non-hydrogen) atoms. The topological polar surface area (TPSA) is 93.1 Å². The Labute approximate surface area is 204 Å². The van der Waals surface area contributed by atoms with Crippen LogP contribution in [-0.2, 0) is 14.8 Å². The first-order valence-corrected chi connectivity index (χ1v) is 13.4. The SMILES string of the molecule is O=S(=O)(c1ccccc1)n1cc(-c2cn[nH]c2)c2cc(C3=CCC(N4CCOCC4)CC3)cnc21. The molecule has 1 unspecified atom stereocenters. The van der Waals surface area contributed by atoms with Crippen LogP contribution in [0, 0.1) is 0 Å². The van der Waals surface area contributed by atoms with E-state index in [0.29, 0.717) is 11.7 Å². The van der Waals surface area contributed by atoms with Gasteiger partial charge in [0, 0.05) is 54.2 Å². The Kier molecular flexibility index (Phi) is 5.75. The van der Waals surface area contributed by atoms with Crippen molar-refractivity contribution in [1.82, 2.24) is 24.1 Å². The van der Waals surface area contributed by atoms with E-state index in [2.05, 4.69) is 32.2 Å². The fourth-order valence-corrected chi connectivity index (χ4v) is 6.47. The van der Waals surface area contributed by atoms with Gasteiger partial charge in [-0.2, -0.15) is 5.10 Å². The molecule has 1 aliphatic heterocycles. The van der Waals surface area contributed by atoms with Crippen LogP contribution in [0.3, 0.4) is 0 Å². The van der Waals surface area contributed by atoms with Crippen molar-refractivity contribution in [3.05, 3.63) is 72.8 Å². The lowest BCUT2D eigenvalue weighted by atomic mass is 9.90. The molecular weight excluding hydrogens is 462 g/mol. The lowest BCUT2D eigenvalue weighted by molar-refractivity contribution is 0.0150. The number of hydrogen-bond donors (Lipinski definition) is 1. The number of allylic oxidation sites excluding steroid dienone is 1. The number of nitrogens with zero attached hydrogens (tertiary/aromatic N) is 4. The summed E-state index contributed by atoms with van der Waals surface area (Å²) in [4.78, 5) is 7.43. The van der Waals surface area contributed by atoms with Crippen LogP contribution >= 0.6 is 0 Å². The highest BCUT2D eigenvalue weighted by molar-refractivity contribution is 7.90. The Hall–Kier alpha value is -3.27. The summed E-state index contributed by atoms with van der Waals surface area (Å²) in [7, 11) is -3.80. The van der Waals surface area contributed by atoms with E-state index < -0.39 is 10.0 Å². The zero-order valence-corrected chi connectivity index (χ0v) is 20.1. The summed E-state index contributed by atoms with van der Waals surface area (Å²) in [5, 5.41) is 7.69. The molecule has 4 heterocycles. The van der Waals surface area contributed by atoms with E-state index in [1.807, 2.05) is 0 Å². The van der Waals surface area contributed by atoms with Crippen LogP contribution in [0.25, 0.3) is 27.7 Å². The maximum atomic E-state index is 13.5. The van der Waals surface area contributed by atoms with Gasteiger partial charge in [0.2, 0.25) is 0 Å². The number of fused-ring (bicyclic) bond motifs is 1. The minimum atomic E-state index is -3.80. The molecule has 1 atom stereocenters. The van der Waals surface area contributed by atoms with Crippen LogP contribution in [0.5, 0.6) is 0 Å². The van der Waals surface area contributed by atoms with Crippen LogP contribution in [0.4, 0.5) is 0 Å². The van der Waals surface area contributed by atoms with Crippen molar-refractivity contribution in [3.63, 3.8) is 0 Å². The average Bonchev–Trinajstić information content (AvgIpc) is 3.58. The molecule has 0 amide bonds. The molecule has 1 N–H and O–H groups in total. The summed E-state index contributed by atoms with van der Waals surface area (Å²) in [5.74, 6) is 0. The molecule has 6 rings (SSSR count). The number of ether oxygens (including phenoxy) is 1. The second-order valence-corrected chi connectivity index (χ2v) is 10.9. The molecule has 0 saturated carbocycles. The van der Waals surface area contributed by atoms with Crippen molar-refractivity contribution in [1.29, 1.82) is 0 Å². The molecule has 0 bridgehead atoms. The van der Waals surface area contributed by atoms with Gasteiger partial charge in [0.1, 0.15) is 0 Å². The Bertz CT molecular complexity index is 1470. The number of rotatable bonds is 5. The first-order valence-electron chi connectivity index (χ1n) is 11.9. The van der Waals surface area contributed by atoms with Crippen LogP contribution in [0.2, 0.25) is 0 Å². The summed E-state index contributed by atoms with van der Waals surface area (Å²) in [6, 6.07) is 11.1. The van der Waals surface area contributed by atoms with Gasteiger partial charge in [-0.15, -0.1) is 0 Å². The molecule has 0 radical (unpaired) electrons. The number of hydrogen-bond acceptors (Lipinski definition) is 6. The standard InChI is InChI=1S/C26H27N5O3S/c32-35(33,23-4-2-1-3-5-23)31-18-25(21-16-28-29-17-21)24-14-20(15-27-26(24)31)19-6-8-22(9-7-19)30-10-12-34-13-11-30/h1-6,14-18,22H,7-13H2,(H,28,29). The zero-order chi connectivity index (χ0) is 23.8. The minimum absolute atomic E-state index is 0.227. The van der Waals surface area contributed by atoms with Gasteiger partial charge in [-0.1, -0.05) is 24.3 Å². The highest BCUT2D eigenvalue weighted by Gasteiger charge is 2.26. The van der Waals surface area contributed by atoms with Crippen molar-refractivity contribution in [2.45, 2.75) is 30.2 Å². The van der Waals surface area contributed by atoms with Crippen LogP contribution in [0.15, 0.2) is 72.2 Å². The van der Waals surface area contributed by atoms with Gasteiger partial charge in [-0.3, -0.25) is 10.00 Å². The summed E-state index contributed by atoms with van der Waals surface area (Å²) in [6.07, 6.45) is 12.3. The third-order valence-electron chi connectivity index (χ3n) is 7.04. The number of aromatic nitrogens is 4. The predicted octanol–water partition coefficient (Wildman–Crippen LogP) is 3.93. The normalized spacial score (nSPS) is 19.7. The van der Waals surface area contributed by atoms with Gasteiger partial charge in [-0.05, 0) is 48.6 Å². The molecule has 1 aromatic carbocycles. The molecule has 0 spiro atoms. The molecule has 9 heteroatoms. The van der Waals surface area contributed by atoms with E-state index in [1.165, 1.54) is 9.55 Å². The number of H-pyrrole nitrogens is 1. The molecule has 1 fully saturated rings. The number of pyridine rings is 1. The third kappa shape index (κ3) is 4.09. The number of nitrogens with one attached hydrogen (secondary N) is 1. The molecule has 4 aromatic rings. The molecule has 8 nitrogen and oxygen atoms in total. The number of aromatic amines is 1. The third-order valence-corrected chi connectivity index (χ3v) is 8.70. The minimum Gasteiger partial charge on any atom is -0.379 e. The summed E-state index contributed by atoms with van der Waals surface area (Å²) < 4.78 is 33.7. The molecule has 180 valence electrons. The quantitative estimate of drug-likeness (QED) is 0.457. The van der Waals surface area contributed by atoms with Gasteiger partial charge >= 0.3 is 0 Å². The van der Waals surface area contributed by atoms with Crippen LogP contribution < -0.4 is 0 Å². The Morgan fingerprint density at radius 1 is 1.06 bits per heavy atom. The van der Waals surface area contributed by atoms with Crippen molar-refractivity contribution in [2.75, 3.05) is 26.3 Å². The molecular formula is C26H27N5O3S. The second-order valence-electron chi connectivity index (χ2n) is 9.04. The number of morpholine rings is 1. The second kappa shape index (κ2) is 9.07. The lowest BCUT2D eigenvalue weighted by Crippen LogP contribution is -2.43. The summed E-state index contributed by atoms with van der Waals surface area (Å²) >= 11 is 0. The van der Waals surface area contributed by atoms with Crippen molar-refractivity contribution >= 4 is 26.6 Å². The molecule has 1 saturated heterocycles.